The Morgan fingerprint density at radius 3 is 3.20 bits per heavy atom. The number of nitrogens with zero attached hydrogens (tertiary/aromatic N) is 1. The first-order chi connectivity index (χ1) is 7.40. The highest BCUT2D eigenvalue weighted by Gasteiger charge is 2.24. The normalized spacial score (nSPS) is 22.3. The fraction of sp³-hybridized carbons (Fsp3) is 0.667. The molecule has 1 saturated heterocycles. The van der Waals surface area contributed by atoms with Gasteiger partial charge in [-0.1, -0.05) is 0 Å². The minimum atomic E-state index is 0.311. The van der Waals surface area contributed by atoms with Crippen molar-refractivity contribution in [2.24, 2.45) is 0 Å². The maximum Gasteiger partial charge on any atom is 0.117 e. The Morgan fingerprint density at radius 2 is 2.47 bits per heavy atom. The standard InChI is InChI=1S/C12H19NO2/c14-8-2-5-11-4-1-7-13(11)10-12-6-3-9-15-12/h3,6,9,11,14H,1-2,4-5,7-8,10H2. The first-order valence-corrected chi connectivity index (χ1v) is 5.77. The summed E-state index contributed by atoms with van der Waals surface area (Å²) in [4.78, 5) is 2.47. The van der Waals surface area contributed by atoms with Gasteiger partial charge in [-0.15, -0.1) is 0 Å². The molecule has 1 aromatic heterocycles. The van der Waals surface area contributed by atoms with Crippen LogP contribution in [0.2, 0.25) is 0 Å². The molecule has 1 fully saturated rings. The first-order valence-electron chi connectivity index (χ1n) is 5.77. The van der Waals surface area contributed by atoms with Gasteiger partial charge in [-0.3, -0.25) is 4.90 Å². The Labute approximate surface area is 90.7 Å². The van der Waals surface area contributed by atoms with Crippen molar-refractivity contribution in [3.8, 4) is 0 Å². The van der Waals surface area contributed by atoms with Crippen LogP contribution in [-0.2, 0) is 6.54 Å². The van der Waals surface area contributed by atoms with Gasteiger partial charge in [-0.25, -0.2) is 0 Å². The van der Waals surface area contributed by atoms with Crippen LogP contribution in [0.15, 0.2) is 22.8 Å². The lowest BCUT2D eigenvalue weighted by Gasteiger charge is -2.22. The maximum atomic E-state index is 8.83. The summed E-state index contributed by atoms with van der Waals surface area (Å²) >= 11 is 0. The number of aliphatic hydroxyl groups is 1. The predicted octanol–water partition coefficient (Wildman–Crippen LogP) is 2.02. The monoisotopic (exact) mass is 209 g/mol. The van der Waals surface area contributed by atoms with Gasteiger partial charge in [0.1, 0.15) is 5.76 Å². The zero-order chi connectivity index (χ0) is 10.5. The molecule has 0 radical (unpaired) electrons. The van der Waals surface area contributed by atoms with Gasteiger partial charge in [0, 0.05) is 12.6 Å². The van der Waals surface area contributed by atoms with Gasteiger partial charge in [-0.2, -0.15) is 0 Å². The molecule has 0 amide bonds. The number of furan rings is 1. The summed E-state index contributed by atoms with van der Waals surface area (Å²) < 4.78 is 5.36. The van der Waals surface area contributed by atoms with Crippen molar-refractivity contribution in [1.82, 2.24) is 4.90 Å². The number of hydrogen-bond acceptors (Lipinski definition) is 3. The maximum absolute atomic E-state index is 8.83. The molecule has 0 spiro atoms. The molecule has 2 rings (SSSR count). The highest BCUT2D eigenvalue weighted by molar-refractivity contribution is 4.99. The molecule has 0 bridgehead atoms. The van der Waals surface area contributed by atoms with Crippen molar-refractivity contribution in [3.63, 3.8) is 0 Å². The van der Waals surface area contributed by atoms with Crippen LogP contribution in [0.3, 0.4) is 0 Å². The molecule has 0 aromatic carbocycles. The summed E-state index contributed by atoms with van der Waals surface area (Å²) in [7, 11) is 0. The van der Waals surface area contributed by atoms with E-state index in [1.54, 1.807) is 6.26 Å². The number of hydrogen-bond donors (Lipinski definition) is 1. The van der Waals surface area contributed by atoms with Gasteiger partial charge < -0.3 is 9.52 Å². The van der Waals surface area contributed by atoms with Crippen LogP contribution in [0.4, 0.5) is 0 Å². The molecule has 84 valence electrons. The Kier molecular flexibility index (Phi) is 3.80. The lowest BCUT2D eigenvalue weighted by Crippen LogP contribution is -2.28. The van der Waals surface area contributed by atoms with Gasteiger partial charge in [0.05, 0.1) is 12.8 Å². The highest BCUT2D eigenvalue weighted by Crippen LogP contribution is 2.23. The van der Waals surface area contributed by atoms with E-state index in [9.17, 15) is 0 Å². The van der Waals surface area contributed by atoms with Crippen LogP contribution < -0.4 is 0 Å². The minimum Gasteiger partial charge on any atom is -0.468 e. The third-order valence-corrected chi connectivity index (χ3v) is 3.13. The van der Waals surface area contributed by atoms with E-state index >= 15 is 0 Å². The van der Waals surface area contributed by atoms with E-state index in [0.717, 1.165) is 31.7 Å². The largest absolute Gasteiger partial charge is 0.468 e. The van der Waals surface area contributed by atoms with Crippen LogP contribution in [0.1, 0.15) is 31.4 Å². The molecule has 0 saturated carbocycles. The molecule has 1 atom stereocenters. The van der Waals surface area contributed by atoms with Crippen LogP contribution >= 0.6 is 0 Å². The Hall–Kier alpha value is -0.800. The lowest BCUT2D eigenvalue weighted by molar-refractivity contribution is 0.198. The minimum absolute atomic E-state index is 0.311. The van der Waals surface area contributed by atoms with E-state index in [0.29, 0.717) is 12.6 Å². The number of aliphatic hydroxyl groups excluding tert-OH is 1. The molecular weight excluding hydrogens is 190 g/mol. The molecule has 3 nitrogen and oxygen atoms in total. The van der Waals surface area contributed by atoms with Crippen molar-refractivity contribution in [2.75, 3.05) is 13.2 Å². The molecule has 3 heteroatoms. The smallest absolute Gasteiger partial charge is 0.117 e. The van der Waals surface area contributed by atoms with Gasteiger partial charge in [-0.05, 0) is 44.4 Å². The Morgan fingerprint density at radius 1 is 1.53 bits per heavy atom. The second-order valence-corrected chi connectivity index (χ2v) is 4.21. The molecule has 1 aliphatic heterocycles. The summed E-state index contributed by atoms with van der Waals surface area (Å²) in [6, 6.07) is 4.61. The van der Waals surface area contributed by atoms with Crippen molar-refractivity contribution in [3.05, 3.63) is 24.2 Å². The quantitative estimate of drug-likeness (QED) is 0.806. The van der Waals surface area contributed by atoms with E-state index in [1.165, 1.54) is 12.8 Å². The van der Waals surface area contributed by atoms with E-state index in [1.807, 2.05) is 12.1 Å². The molecule has 1 N–H and O–H groups in total. The van der Waals surface area contributed by atoms with Gasteiger partial charge in [0.2, 0.25) is 0 Å². The summed E-state index contributed by atoms with van der Waals surface area (Å²) in [5.41, 5.74) is 0. The second kappa shape index (κ2) is 5.33. The Bertz CT molecular complexity index is 271. The van der Waals surface area contributed by atoms with Gasteiger partial charge >= 0.3 is 0 Å². The van der Waals surface area contributed by atoms with Crippen LogP contribution in [0, 0.1) is 0 Å². The fourth-order valence-corrected chi connectivity index (χ4v) is 2.36. The van der Waals surface area contributed by atoms with Crippen LogP contribution in [0.5, 0.6) is 0 Å². The third-order valence-electron chi connectivity index (χ3n) is 3.13. The average Bonchev–Trinajstić information content (AvgIpc) is 2.87. The van der Waals surface area contributed by atoms with Crippen molar-refractivity contribution in [1.29, 1.82) is 0 Å². The van der Waals surface area contributed by atoms with E-state index in [-0.39, 0.29) is 0 Å². The zero-order valence-corrected chi connectivity index (χ0v) is 9.06. The first kappa shape index (κ1) is 10.7. The molecule has 2 heterocycles. The highest BCUT2D eigenvalue weighted by atomic mass is 16.3. The second-order valence-electron chi connectivity index (χ2n) is 4.21. The summed E-state index contributed by atoms with van der Waals surface area (Å²) in [6.45, 7) is 2.39. The topological polar surface area (TPSA) is 36.6 Å². The summed E-state index contributed by atoms with van der Waals surface area (Å²) in [6.07, 6.45) is 6.29. The molecule has 1 unspecified atom stereocenters. The summed E-state index contributed by atoms with van der Waals surface area (Å²) in [5.74, 6) is 1.05. The van der Waals surface area contributed by atoms with E-state index < -0.39 is 0 Å². The molecule has 1 aliphatic rings. The average molecular weight is 209 g/mol. The molecule has 0 aliphatic carbocycles. The molecule has 15 heavy (non-hydrogen) atoms. The number of likely N-dealkylation sites (tertiary alicyclic amines) is 1. The van der Waals surface area contributed by atoms with Gasteiger partial charge in [0.15, 0.2) is 0 Å². The number of rotatable bonds is 5. The van der Waals surface area contributed by atoms with Crippen molar-refractivity contribution < 1.29 is 9.52 Å². The van der Waals surface area contributed by atoms with Gasteiger partial charge in [0.25, 0.3) is 0 Å². The van der Waals surface area contributed by atoms with E-state index in [4.69, 9.17) is 9.52 Å². The fourth-order valence-electron chi connectivity index (χ4n) is 2.36. The van der Waals surface area contributed by atoms with Crippen LogP contribution in [0.25, 0.3) is 0 Å². The predicted molar refractivity (Wildman–Crippen MR) is 58.5 cm³/mol. The summed E-state index contributed by atoms with van der Waals surface area (Å²) in [5, 5.41) is 8.83. The third kappa shape index (κ3) is 2.83. The zero-order valence-electron chi connectivity index (χ0n) is 9.06. The molecule has 1 aromatic rings. The SMILES string of the molecule is OCCCC1CCCN1Cc1ccco1. The lowest BCUT2D eigenvalue weighted by atomic mass is 10.1. The van der Waals surface area contributed by atoms with E-state index in [2.05, 4.69) is 4.90 Å². The Balaban J connectivity index is 1.85. The van der Waals surface area contributed by atoms with Crippen molar-refractivity contribution in [2.45, 2.75) is 38.3 Å². The molecular formula is C12H19NO2. The van der Waals surface area contributed by atoms with Crippen molar-refractivity contribution >= 4 is 0 Å². The van der Waals surface area contributed by atoms with Crippen LogP contribution in [-0.4, -0.2) is 29.2 Å².